The summed E-state index contributed by atoms with van der Waals surface area (Å²) in [6.45, 7) is 0.0149. The van der Waals surface area contributed by atoms with E-state index < -0.39 is 17.2 Å². The second kappa shape index (κ2) is 4.83. The Morgan fingerprint density at radius 2 is 1.88 bits per heavy atom. The number of nitrogens with two attached hydrogens (primary N) is 2. The molecule has 1 heterocycles. The second-order valence-corrected chi connectivity index (χ2v) is 3.64. The average Bonchev–Trinajstić information content (AvgIpc) is 2.28. The molecule has 0 fully saturated rings. The monoisotopic (exact) mass is 241 g/mol. The Balaban J connectivity index is 3.12. The van der Waals surface area contributed by atoms with E-state index in [4.69, 9.17) is 11.5 Å². The highest BCUT2D eigenvalue weighted by atomic mass is 16.2. The van der Waals surface area contributed by atoms with E-state index in [1.807, 2.05) is 0 Å². The summed E-state index contributed by atoms with van der Waals surface area (Å²) in [6, 6.07) is 0. The largest absolute Gasteiger partial charge is 0.385 e. The quantitative estimate of drug-likeness (QED) is 0.526. The van der Waals surface area contributed by atoms with Crippen molar-refractivity contribution in [3.8, 4) is 0 Å². The van der Waals surface area contributed by atoms with Crippen LogP contribution >= 0.6 is 0 Å². The van der Waals surface area contributed by atoms with Crippen molar-refractivity contribution in [1.29, 1.82) is 0 Å². The summed E-state index contributed by atoms with van der Waals surface area (Å²) in [5.74, 6) is -0.458. The summed E-state index contributed by atoms with van der Waals surface area (Å²) in [5, 5.41) is 2.67. The summed E-state index contributed by atoms with van der Waals surface area (Å²) >= 11 is 0. The fraction of sp³-hybridized carbons (Fsp3) is 0.444. The highest BCUT2D eigenvalue weighted by Gasteiger charge is 2.12. The zero-order valence-corrected chi connectivity index (χ0v) is 9.69. The van der Waals surface area contributed by atoms with Crippen LogP contribution in [-0.2, 0) is 25.4 Å². The molecule has 0 unspecified atom stereocenters. The molecule has 0 aliphatic rings. The van der Waals surface area contributed by atoms with Gasteiger partial charge >= 0.3 is 5.69 Å². The average molecular weight is 241 g/mol. The van der Waals surface area contributed by atoms with E-state index in [1.54, 1.807) is 0 Å². The normalized spacial score (nSPS) is 10.5. The Morgan fingerprint density at radius 3 is 2.41 bits per heavy atom. The lowest BCUT2D eigenvalue weighted by Crippen LogP contribution is -2.42. The van der Waals surface area contributed by atoms with Crippen LogP contribution in [0.4, 0.5) is 5.82 Å². The smallest absolute Gasteiger partial charge is 0.332 e. The van der Waals surface area contributed by atoms with E-state index in [1.165, 1.54) is 18.7 Å². The van der Waals surface area contributed by atoms with Crippen molar-refractivity contribution in [1.82, 2.24) is 14.5 Å². The topological polar surface area (TPSA) is 125 Å². The van der Waals surface area contributed by atoms with E-state index in [9.17, 15) is 14.4 Å². The molecule has 0 aliphatic heterocycles. The van der Waals surface area contributed by atoms with Gasteiger partial charge in [0.25, 0.3) is 5.56 Å². The van der Waals surface area contributed by atoms with Gasteiger partial charge in [-0.25, -0.2) is 4.79 Å². The van der Waals surface area contributed by atoms with Crippen LogP contribution in [0.15, 0.2) is 9.59 Å². The molecular formula is C9H15N5O3. The van der Waals surface area contributed by atoms with E-state index in [-0.39, 0.29) is 24.5 Å². The van der Waals surface area contributed by atoms with Crippen molar-refractivity contribution in [3.05, 3.63) is 26.4 Å². The number of rotatable bonds is 4. The molecule has 1 rings (SSSR count). The van der Waals surface area contributed by atoms with Gasteiger partial charge < -0.3 is 16.8 Å². The lowest BCUT2D eigenvalue weighted by molar-refractivity contribution is -0.117. The SMILES string of the molecule is Cn1c(N)c(CNCC(N)=O)c(=O)n(C)c1=O. The minimum absolute atomic E-state index is 0.0641. The number of amides is 1. The molecule has 0 aromatic carbocycles. The molecule has 1 aromatic heterocycles. The molecule has 8 heteroatoms. The minimum atomic E-state index is -0.537. The maximum atomic E-state index is 11.8. The first-order valence-electron chi connectivity index (χ1n) is 4.89. The molecule has 0 radical (unpaired) electrons. The van der Waals surface area contributed by atoms with Gasteiger partial charge in [0.15, 0.2) is 0 Å². The third kappa shape index (κ3) is 2.53. The molecule has 5 N–H and O–H groups in total. The van der Waals surface area contributed by atoms with Crippen molar-refractivity contribution >= 4 is 11.7 Å². The number of carbonyl (C=O) groups is 1. The van der Waals surface area contributed by atoms with Crippen LogP contribution in [0, 0.1) is 0 Å². The number of nitrogen functional groups attached to an aromatic ring is 1. The van der Waals surface area contributed by atoms with Crippen LogP contribution in [-0.4, -0.2) is 21.6 Å². The Kier molecular flexibility index (Phi) is 3.69. The highest BCUT2D eigenvalue weighted by Crippen LogP contribution is 2.01. The number of aromatic nitrogens is 2. The predicted molar refractivity (Wildman–Crippen MR) is 62.2 cm³/mol. The van der Waals surface area contributed by atoms with Gasteiger partial charge in [-0.15, -0.1) is 0 Å². The highest BCUT2D eigenvalue weighted by molar-refractivity contribution is 5.75. The summed E-state index contributed by atoms with van der Waals surface area (Å²) in [6.07, 6.45) is 0. The third-order valence-electron chi connectivity index (χ3n) is 2.41. The summed E-state index contributed by atoms with van der Waals surface area (Å²) in [7, 11) is 2.83. The number of carbonyl (C=O) groups excluding carboxylic acids is 1. The number of hydrogen-bond donors (Lipinski definition) is 3. The molecule has 0 saturated heterocycles. The number of anilines is 1. The van der Waals surface area contributed by atoms with Crippen LogP contribution in [0.3, 0.4) is 0 Å². The first-order chi connectivity index (χ1) is 7.86. The molecule has 94 valence electrons. The minimum Gasteiger partial charge on any atom is -0.385 e. The van der Waals surface area contributed by atoms with Crippen LogP contribution in [0.25, 0.3) is 0 Å². The molecule has 0 saturated carbocycles. The number of primary amides is 1. The molecule has 1 aromatic rings. The van der Waals surface area contributed by atoms with Crippen molar-refractivity contribution in [3.63, 3.8) is 0 Å². The predicted octanol–water partition coefficient (Wildman–Crippen LogP) is -2.76. The van der Waals surface area contributed by atoms with Gasteiger partial charge in [-0.2, -0.15) is 0 Å². The first kappa shape index (κ1) is 13.0. The van der Waals surface area contributed by atoms with E-state index in [0.717, 1.165) is 4.57 Å². The van der Waals surface area contributed by atoms with Gasteiger partial charge in [0.05, 0.1) is 12.1 Å². The Labute approximate surface area is 96.8 Å². The van der Waals surface area contributed by atoms with Crippen LogP contribution in [0.1, 0.15) is 5.56 Å². The molecule has 0 atom stereocenters. The van der Waals surface area contributed by atoms with E-state index in [0.29, 0.717) is 0 Å². The fourth-order valence-corrected chi connectivity index (χ4v) is 1.41. The Hall–Kier alpha value is -2.09. The molecule has 0 aliphatic carbocycles. The molecular weight excluding hydrogens is 226 g/mol. The third-order valence-corrected chi connectivity index (χ3v) is 2.41. The summed E-state index contributed by atoms with van der Waals surface area (Å²) in [4.78, 5) is 33.8. The van der Waals surface area contributed by atoms with Gasteiger partial charge in [-0.1, -0.05) is 0 Å². The number of nitrogens with one attached hydrogen (secondary N) is 1. The van der Waals surface area contributed by atoms with Crippen LogP contribution in [0.2, 0.25) is 0 Å². The maximum Gasteiger partial charge on any atom is 0.332 e. The summed E-state index contributed by atoms with van der Waals surface area (Å²) < 4.78 is 2.13. The lowest BCUT2D eigenvalue weighted by atomic mass is 10.3. The first-order valence-corrected chi connectivity index (χ1v) is 4.89. The van der Waals surface area contributed by atoms with Crippen LogP contribution < -0.4 is 28.0 Å². The van der Waals surface area contributed by atoms with Gasteiger partial charge in [-0.05, 0) is 0 Å². The fourth-order valence-electron chi connectivity index (χ4n) is 1.41. The molecule has 17 heavy (non-hydrogen) atoms. The zero-order chi connectivity index (χ0) is 13.2. The maximum absolute atomic E-state index is 11.8. The molecule has 8 nitrogen and oxygen atoms in total. The zero-order valence-electron chi connectivity index (χ0n) is 9.69. The van der Waals surface area contributed by atoms with E-state index in [2.05, 4.69) is 5.32 Å². The van der Waals surface area contributed by atoms with Gasteiger partial charge in [0.2, 0.25) is 5.91 Å². The van der Waals surface area contributed by atoms with E-state index >= 15 is 0 Å². The van der Waals surface area contributed by atoms with Gasteiger partial charge in [-0.3, -0.25) is 18.7 Å². The van der Waals surface area contributed by atoms with Gasteiger partial charge in [0.1, 0.15) is 5.82 Å². The second-order valence-electron chi connectivity index (χ2n) is 3.64. The number of hydrogen-bond acceptors (Lipinski definition) is 5. The van der Waals surface area contributed by atoms with Crippen LogP contribution in [0.5, 0.6) is 0 Å². The van der Waals surface area contributed by atoms with Crippen molar-refractivity contribution in [2.45, 2.75) is 6.54 Å². The molecule has 0 bridgehead atoms. The number of nitrogens with zero attached hydrogens (tertiary/aromatic N) is 2. The van der Waals surface area contributed by atoms with Crippen molar-refractivity contribution in [2.75, 3.05) is 12.3 Å². The van der Waals surface area contributed by atoms with Gasteiger partial charge in [0, 0.05) is 20.6 Å². The molecule has 0 spiro atoms. The Morgan fingerprint density at radius 1 is 1.29 bits per heavy atom. The van der Waals surface area contributed by atoms with Crippen molar-refractivity contribution in [2.24, 2.45) is 19.8 Å². The van der Waals surface area contributed by atoms with Crippen molar-refractivity contribution < 1.29 is 4.79 Å². The molecule has 1 amide bonds. The summed E-state index contributed by atoms with van der Waals surface area (Å²) in [5.41, 5.74) is 9.86. The Bertz CT molecular complexity index is 557. The standard InChI is InChI=1S/C9H15N5O3/c1-13-7(11)5(3-12-4-6(10)15)8(16)14(2)9(13)17/h12H,3-4,11H2,1-2H3,(H2,10,15). The lowest BCUT2D eigenvalue weighted by Gasteiger charge is -2.11.